The number of hydrogen-bond donors (Lipinski definition) is 3. The lowest BCUT2D eigenvalue weighted by Gasteiger charge is -1.97. The van der Waals surface area contributed by atoms with Gasteiger partial charge in [-0.1, -0.05) is 12.0 Å². The summed E-state index contributed by atoms with van der Waals surface area (Å²) in [5.74, 6) is 0.147. The van der Waals surface area contributed by atoms with Crippen molar-refractivity contribution in [2.45, 2.75) is 19.9 Å². The van der Waals surface area contributed by atoms with Crippen LogP contribution in [0.2, 0.25) is 0 Å². The van der Waals surface area contributed by atoms with Gasteiger partial charge < -0.3 is 20.8 Å². The summed E-state index contributed by atoms with van der Waals surface area (Å²) in [6.45, 7) is 3.77. The number of carbonyl (C=O) groups excluding carboxylic acids is 1. The Labute approximate surface area is 87.4 Å². The van der Waals surface area contributed by atoms with Crippen molar-refractivity contribution in [2.75, 3.05) is 18.4 Å². The Kier molecular flexibility index (Phi) is 4.55. The van der Waals surface area contributed by atoms with Gasteiger partial charge in [0.2, 0.25) is 11.8 Å². The Hall–Kier alpha value is -1.63. The minimum absolute atomic E-state index is 0.241. The summed E-state index contributed by atoms with van der Waals surface area (Å²) in [5.41, 5.74) is 4.97. The van der Waals surface area contributed by atoms with Crippen LogP contribution in [0.15, 0.2) is 4.42 Å². The van der Waals surface area contributed by atoms with Gasteiger partial charge in [0, 0.05) is 13.0 Å². The van der Waals surface area contributed by atoms with Gasteiger partial charge in [0.25, 0.3) is 0 Å². The molecular formula is C8H15N5O2. The van der Waals surface area contributed by atoms with E-state index in [0.29, 0.717) is 25.0 Å². The number of aromatic nitrogens is 2. The van der Waals surface area contributed by atoms with E-state index in [2.05, 4.69) is 20.8 Å². The van der Waals surface area contributed by atoms with Gasteiger partial charge in [-0.05, 0) is 6.54 Å². The van der Waals surface area contributed by atoms with E-state index in [9.17, 15) is 4.79 Å². The molecule has 1 aromatic heterocycles. The fraction of sp³-hybridized carbons (Fsp3) is 0.625. The first-order valence-corrected chi connectivity index (χ1v) is 4.77. The molecule has 0 aromatic carbocycles. The zero-order valence-electron chi connectivity index (χ0n) is 8.62. The monoisotopic (exact) mass is 213 g/mol. The molecule has 0 saturated carbocycles. The quantitative estimate of drug-likeness (QED) is 0.562. The number of rotatable bonds is 7. The molecule has 4 N–H and O–H groups in total. The molecule has 0 bridgehead atoms. The van der Waals surface area contributed by atoms with E-state index >= 15 is 0 Å². The summed E-state index contributed by atoms with van der Waals surface area (Å²) in [6.07, 6.45) is 0.241. The van der Waals surface area contributed by atoms with Gasteiger partial charge in [0.1, 0.15) is 0 Å². The Balaban J connectivity index is 2.29. The third-order valence-electron chi connectivity index (χ3n) is 1.64. The van der Waals surface area contributed by atoms with Gasteiger partial charge in [-0.15, -0.1) is 5.10 Å². The number of carbonyl (C=O) groups is 1. The highest BCUT2D eigenvalue weighted by atomic mass is 16.4. The fourth-order valence-electron chi connectivity index (χ4n) is 0.921. The molecule has 0 fully saturated rings. The van der Waals surface area contributed by atoms with Crippen molar-refractivity contribution < 1.29 is 9.21 Å². The molecule has 1 amide bonds. The first-order valence-electron chi connectivity index (χ1n) is 4.77. The molecule has 1 heterocycles. The van der Waals surface area contributed by atoms with Crippen LogP contribution in [0.1, 0.15) is 19.2 Å². The summed E-state index contributed by atoms with van der Waals surface area (Å²) in [5, 5.41) is 13.4. The lowest BCUT2D eigenvalue weighted by Crippen LogP contribution is -2.15. The number of anilines is 1. The number of amides is 1. The topological polar surface area (TPSA) is 106 Å². The normalized spacial score (nSPS) is 10.2. The molecule has 0 aliphatic rings. The van der Waals surface area contributed by atoms with E-state index in [4.69, 9.17) is 10.2 Å². The lowest BCUT2D eigenvalue weighted by atomic mass is 10.4. The Morgan fingerprint density at radius 1 is 1.53 bits per heavy atom. The highest BCUT2D eigenvalue weighted by Gasteiger charge is 2.04. The summed E-state index contributed by atoms with van der Waals surface area (Å²) >= 11 is 0. The highest BCUT2D eigenvalue weighted by molar-refractivity contribution is 5.74. The molecule has 7 nitrogen and oxygen atoms in total. The van der Waals surface area contributed by atoms with Crippen LogP contribution in [-0.4, -0.2) is 29.2 Å². The van der Waals surface area contributed by atoms with Gasteiger partial charge in [0.05, 0.1) is 6.54 Å². The van der Waals surface area contributed by atoms with Crippen molar-refractivity contribution in [3.8, 4) is 0 Å². The molecule has 84 valence electrons. The minimum atomic E-state index is -0.366. The molecule has 0 spiro atoms. The number of nitrogens with two attached hydrogens (primary N) is 1. The zero-order chi connectivity index (χ0) is 11.1. The molecule has 0 unspecified atom stereocenters. The zero-order valence-corrected chi connectivity index (χ0v) is 8.62. The molecule has 0 aliphatic carbocycles. The van der Waals surface area contributed by atoms with Gasteiger partial charge >= 0.3 is 6.01 Å². The van der Waals surface area contributed by atoms with Gasteiger partial charge in [0.15, 0.2) is 0 Å². The molecule has 15 heavy (non-hydrogen) atoms. The van der Waals surface area contributed by atoms with Crippen LogP contribution in [0, 0.1) is 0 Å². The van der Waals surface area contributed by atoms with E-state index in [1.54, 1.807) is 0 Å². The summed E-state index contributed by atoms with van der Waals surface area (Å²) in [6, 6.07) is 0.309. The number of hydrogen-bond acceptors (Lipinski definition) is 6. The summed E-state index contributed by atoms with van der Waals surface area (Å²) < 4.78 is 5.22. The van der Waals surface area contributed by atoms with Crippen molar-refractivity contribution in [2.24, 2.45) is 5.73 Å². The van der Waals surface area contributed by atoms with Gasteiger partial charge in [-0.2, -0.15) is 0 Å². The van der Waals surface area contributed by atoms with E-state index in [0.717, 1.165) is 6.54 Å². The fourth-order valence-corrected chi connectivity index (χ4v) is 0.921. The standard InChI is InChI=1S/C8H15N5O2/c1-2-10-5-7-12-13-8(15-7)11-4-3-6(9)14/h10H,2-5H2,1H3,(H2,9,14)(H,11,13). The number of primary amides is 1. The Morgan fingerprint density at radius 2 is 2.33 bits per heavy atom. The van der Waals surface area contributed by atoms with Crippen molar-refractivity contribution >= 4 is 11.9 Å². The van der Waals surface area contributed by atoms with Crippen LogP contribution in [0.3, 0.4) is 0 Å². The summed E-state index contributed by atoms with van der Waals surface area (Å²) in [7, 11) is 0. The van der Waals surface area contributed by atoms with Crippen molar-refractivity contribution in [3.63, 3.8) is 0 Å². The second-order valence-electron chi connectivity index (χ2n) is 2.92. The maximum absolute atomic E-state index is 10.4. The van der Waals surface area contributed by atoms with E-state index in [-0.39, 0.29) is 12.3 Å². The number of nitrogens with zero attached hydrogens (tertiary/aromatic N) is 2. The average molecular weight is 213 g/mol. The maximum atomic E-state index is 10.4. The smallest absolute Gasteiger partial charge is 0.315 e. The average Bonchev–Trinajstić information content (AvgIpc) is 2.62. The highest BCUT2D eigenvalue weighted by Crippen LogP contribution is 2.04. The second kappa shape index (κ2) is 5.97. The molecule has 0 atom stereocenters. The van der Waals surface area contributed by atoms with Crippen LogP contribution in [0.4, 0.5) is 6.01 Å². The minimum Gasteiger partial charge on any atom is -0.407 e. The molecule has 1 rings (SSSR count). The molecule has 0 radical (unpaired) electrons. The predicted molar refractivity (Wildman–Crippen MR) is 54.0 cm³/mol. The van der Waals surface area contributed by atoms with Crippen LogP contribution < -0.4 is 16.4 Å². The first-order chi connectivity index (χ1) is 7.22. The van der Waals surface area contributed by atoms with Crippen LogP contribution in [0.5, 0.6) is 0 Å². The lowest BCUT2D eigenvalue weighted by molar-refractivity contribution is -0.117. The Bertz CT molecular complexity index is 312. The predicted octanol–water partition coefficient (Wildman–Crippen LogP) is -0.534. The Morgan fingerprint density at radius 3 is 3.00 bits per heavy atom. The van der Waals surface area contributed by atoms with E-state index in [1.807, 2.05) is 6.92 Å². The molecule has 7 heteroatoms. The van der Waals surface area contributed by atoms with E-state index in [1.165, 1.54) is 0 Å². The van der Waals surface area contributed by atoms with Gasteiger partial charge in [-0.25, -0.2) is 0 Å². The molecular weight excluding hydrogens is 198 g/mol. The molecule has 1 aromatic rings. The van der Waals surface area contributed by atoms with Crippen molar-refractivity contribution in [1.29, 1.82) is 0 Å². The number of nitrogens with one attached hydrogen (secondary N) is 2. The van der Waals surface area contributed by atoms with Crippen molar-refractivity contribution in [3.05, 3.63) is 5.89 Å². The third-order valence-corrected chi connectivity index (χ3v) is 1.64. The SMILES string of the molecule is CCNCc1nnc(NCCC(N)=O)o1. The molecule has 0 aliphatic heterocycles. The third kappa shape index (κ3) is 4.41. The summed E-state index contributed by atoms with van der Waals surface area (Å²) in [4.78, 5) is 10.4. The van der Waals surface area contributed by atoms with Crippen LogP contribution in [0.25, 0.3) is 0 Å². The van der Waals surface area contributed by atoms with E-state index < -0.39 is 0 Å². The first kappa shape index (κ1) is 11.4. The second-order valence-corrected chi connectivity index (χ2v) is 2.92. The maximum Gasteiger partial charge on any atom is 0.315 e. The van der Waals surface area contributed by atoms with Crippen molar-refractivity contribution in [1.82, 2.24) is 15.5 Å². The largest absolute Gasteiger partial charge is 0.407 e. The van der Waals surface area contributed by atoms with Crippen LogP contribution >= 0.6 is 0 Å². The van der Waals surface area contributed by atoms with Gasteiger partial charge in [-0.3, -0.25) is 4.79 Å². The molecule has 0 saturated heterocycles. The van der Waals surface area contributed by atoms with Crippen LogP contribution in [-0.2, 0) is 11.3 Å².